The van der Waals surface area contributed by atoms with Crippen molar-refractivity contribution in [2.24, 2.45) is 0 Å². The van der Waals surface area contributed by atoms with Crippen molar-refractivity contribution in [2.75, 3.05) is 6.61 Å². The van der Waals surface area contributed by atoms with Gasteiger partial charge in [0.05, 0.1) is 6.04 Å². The van der Waals surface area contributed by atoms with E-state index < -0.39 is 0 Å². The molecule has 1 atom stereocenters. The van der Waals surface area contributed by atoms with Crippen LogP contribution < -0.4 is 10.1 Å². The molecule has 0 fully saturated rings. The van der Waals surface area contributed by atoms with Crippen LogP contribution in [-0.2, 0) is 11.2 Å². The van der Waals surface area contributed by atoms with Gasteiger partial charge in [-0.05, 0) is 43.5 Å². The van der Waals surface area contributed by atoms with Crippen molar-refractivity contribution in [3.63, 3.8) is 0 Å². The van der Waals surface area contributed by atoms with E-state index >= 15 is 0 Å². The molecule has 0 aromatic heterocycles. The van der Waals surface area contributed by atoms with Gasteiger partial charge in [0.15, 0.2) is 0 Å². The number of amides is 1. The van der Waals surface area contributed by atoms with Crippen LogP contribution in [0.3, 0.4) is 0 Å². The Labute approximate surface area is 136 Å². The van der Waals surface area contributed by atoms with E-state index in [-0.39, 0.29) is 24.2 Å². The monoisotopic (exact) mass is 315 g/mol. The van der Waals surface area contributed by atoms with Crippen molar-refractivity contribution >= 4 is 5.91 Å². The van der Waals surface area contributed by atoms with Crippen LogP contribution in [0.4, 0.5) is 4.39 Å². The van der Waals surface area contributed by atoms with Gasteiger partial charge in [-0.1, -0.05) is 36.4 Å². The third-order valence-corrected chi connectivity index (χ3v) is 3.57. The van der Waals surface area contributed by atoms with Gasteiger partial charge in [-0.2, -0.15) is 0 Å². The van der Waals surface area contributed by atoms with Crippen LogP contribution in [-0.4, -0.2) is 18.6 Å². The van der Waals surface area contributed by atoms with E-state index in [1.165, 1.54) is 6.07 Å². The summed E-state index contributed by atoms with van der Waals surface area (Å²) in [4.78, 5) is 11.9. The van der Waals surface area contributed by atoms with Crippen molar-refractivity contribution in [3.05, 3.63) is 65.5 Å². The molecule has 2 aromatic rings. The SMILES string of the molecule is Cc1ccccc1OCC(C)NC(=O)CCc1ccccc1F. The molecular formula is C19H22FNO2. The second-order valence-electron chi connectivity index (χ2n) is 5.64. The summed E-state index contributed by atoms with van der Waals surface area (Å²) in [6.45, 7) is 4.27. The summed E-state index contributed by atoms with van der Waals surface area (Å²) < 4.78 is 19.2. The number of nitrogens with one attached hydrogen (secondary N) is 1. The van der Waals surface area contributed by atoms with E-state index in [4.69, 9.17) is 4.74 Å². The summed E-state index contributed by atoms with van der Waals surface area (Å²) in [5.41, 5.74) is 1.62. The van der Waals surface area contributed by atoms with E-state index in [0.29, 0.717) is 18.6 Å². The van der Waals surface area contributed by atoms with Crippen molar-refractivity contribution in [3.8, 4) is 5.75 Å². The Hall–Kier alpha value is -2.36. The summed E-state index contributed by atoms with van der Waals surface area (Å²) in [5.74, 6) is 0.449. The van der Waals surface area contributed by atoms with Gasteiger partial charge in [-0.3, -0.25) is 4.79 Å². The van der Waals surface area contributed by atoms with Crippen LogP contribution in [0.5, 0.6) is 5.75 Å². The highest BCUT2D eigenvalue weighted by Gasteiger charge is 2.10. The van der Waals surface area contributed by atoms with Crippen molar-refractivity contribution in [1.29, 1.82) is 0 Å². The molecule has 122 valence electrons. The molecule has 0 spiro atoms. The number of rotatable bonds is 7. The number of aryl methyl sites for hydroxylation is 2. The second kappa shape index (κ2) is 8.32. The Morgan fingerprint density at radius 3 is 2.61 bits per heavy atom. The first-order valence-corrected chi connectivity index (χ1v) is 7.77. The van der Waals surface area contributed by atoms with Gasteiger partial charge < -0.3 is 10.1 Å². The Morgan fingerprint density at radius 2 is 1.87 bits per heavy atom. The molecule has 0 saturated heterocycles. The van der Waals surface area contributed by atoms with Gasteiger partial charge in [0.2, 0.25) is 5.91 Å². The number of benzene rings is 2. The summed E-state index contributed by atoms with van der Waals surface area (Å²) in [6.07, 6.45) is 0.652. The quantitative estimate of drug-likeness (QED) is 0.847. The number of halogens is 1. The average molecular weight is 315 g/mol. The molecule has 2 aromatic carbocycles. The van der Waals surface area contributed by atoms with Gasteiger partial charge >= 0.3 is 0 Å². The molecule has 0 saturated carbocycles. The number of ether oxygens (including phenoxy) is 1. The lowest BCUT2D eigenvalue weighted by molar-refractivity contribution is -0.121. The fourth-order valence-corrected chi connectivity index (χ4v) is 2.27. The first-order valence-electron chi connectivity index (χ1n) is 7.77. The molecule has 0 aliphatic carbocycles. The van der Waals surface area contributed by atoms with Crippen LogP contribution in [0.25, 0.3) is 0 Å². The molecule has 4 heteroatoms. The lowest BCUT2D eigenvalue weighted by atomic mass is 10.1. The second-order valence-corrected chi connectivity index (χ2v) is 5.64. The first kappa shape index (κ1) is 17.0. The van der Waals surface area contributed by atoms with Crippen molar-refractivity contribution in [1.82, 2.24) is 5.32 Å². The zero-order chi connectivity index (χ0) is 16.7. The van der Waals surface area contributed by atoms with Gasteiger partial charge in [-0.15, -0.1) is 0 Å². The van der Waals surface area contributed by atoms with Gasteiger partial charge in [-0.25, -0.2) is 4.39 Å². The Bertz CT molecular complexity index is 657. The minimum Gasteiger partial charge on any atom is -0.491 e. The Morgan fingerprint density at radius 1 is 1.17 bits per heavy atom. The normalized spacial score (nSPS) is 11.8. The van der Waals surface area contributed by atoms with Crippen LogP contribution in [0.2, 0.25) is 0 Å². The summed E-state index contributed by atoms with van der Waals surface area (Å²) in [5, 5.41) is 2.87. The van der Waals surface area contributed by atoms with E-state index in [9.17, 15) is 9.18 Å². The molecule has 0 heterocycles. The van der Waals surface area contributed by atoms with E-state index in [2.05, 4.69) is 5.32 Å². The van der Waals surface area contributed by atoms with Crippen molar-refractivity contribution < 1.29 is 13.9 Å². The standard InChI is InChI=1S/C19H22FNO2/c1-14-7-3-6-10-18(14)23-13-15(2)21-19(22)12-11-16-8-4-5-9-17(16)20/h3-10,15H,11-13H2,1-2H3,(H,21,22). The molecule has 3 nitrogen and oxygen atoms in total. The lowest BCUT2D eigenvalue weighted by Gasteiger charge is -2.16. The summed E-state index contributed by atoms with van der Waals surface area (Å²) in [7, 11) is 0. The summed E-state index contributed by atoms with van der Waals surface area (Å²) in [6, 6.07) is 14.2. The number of hydrogen-bond donors (Lipinski definition) is 1. The third-order valence-electron chi connectivity index (χ3n) is 3.57. The molecule has 1 amide bonds. The van der Waals surface area contributed by atoms with Crippen LogP contribution in [0.15, 0.2) is 48.5 Å². The Kier molecular flexibility index (Phi) is 6.15. The number of para-hydroxylation sites is 1. The lowest BCUT2D eigenvalue weighted by Crippen LogP contribution is -2.37. The van der Waals surface area contributed by atoms with Crippen LogP contribution in [0, 0.1) is 12.7 Å². The highest BCUT2D eigenvalue weighted by molar-refractivity contribution is 5.76. The molecule has 23 heavy (non-hydrogen) atoms. The molecular weight excluding hydrogens is 293 g/mol. The van der Waals surface area contributed by atoms with Crippen LogP contribution in [0.1, 0.15) is 24.5 Å². The molecule has 1 unspecified atom stereocenters. The number of hydrogen-bond acceptors (Lipinski definition) is 2. The minimum absolute atomic E-state index is 0.103. The predicted octanol–water partition coefficient (Wildman–Crippen LogP) is 3.65. The summed E-state index contributed by atoms with van der Waals surface area (Å²) >= 11 is 0. The maximum atomic E-state index is 13.5. The Balaban J connectivity index is 1.74. The zero-order valence-electron chi connectivity index (χ0n) is 13.5. The van der Waals surface area contributed by atoms with E-state index in [0.717, 1.165) is 11.3 Å². The largest absolute Gasteiger partial charge is 0.491 e. The fraction of sp³-hybridized carbons (Fsp3) is 0.316. The average Bonchev–Trinajstić information content (AvgIpc) is 2.53. The molecule has 2 rings (SSSR count). The molecule has 1 N–H and O–H groups in total. The minimum atomic E-state index is -0.267. The predicted molar refractivity (Wildman–Crippen MR) is 89.0 cm³/mol. The molecule has 0 aliphatic rings. The maximum Gasteiger partial charge on any atom is 0.220 e. The molecule has 0 bridgehead atoms. The molecule has 0 aliphatic heterocycles. The van der Waals surface area contributed by atoms with E-state index in [1.54, 1.807) is 18.2 Å². The number of carbonyl (C=O) groups is 1. The smallest absolute Gasteiger partial charge is 0.220 e. The molecule has 0 radical (unpaired) electrons. The maximum absolute atomic E-state index is 13.5. The van der Waals surface area contributed by atoms with Gasteiger partial charge in [0.1, 0.15) is 18.2 Å². The third kappa shape index (κ3) is 5.40. The zero-order valence-corrected chi connectivity index (χ0v) is 13.5. The van der Waals surface area contributed by atoms with Crippen molar-refractivity contribution in [2.45, 2.75) is 32.7 Å². The fourth-order valence-electron chi connectivity index (χ4n) is 2.27. The highest BCUT2D eigenvalue weighted by Crippen LogP contribution is 2.16. The van der Waals surface area contributed by atoms with Gasteiger partial charge in [0, 0.05) is 6.42 Å². The van der Waals surface area contributed by atoms with Gasteiger partial charge in [0.25, 0.3) is 0 Å². The van der Waals surface area contributed by atoms with Crippen LogP contribution >= 0.6 is 0 Å². The highest BCUT2D eigenvalue weighted by atomic mass is 19.1. The van der Waals surface area contributed by atoms with E-state index in [1.807, 2.05) is 38.1 Å². The first-order chi connectivity index (χ1) is 11.1. The topological polar surface area (TPSA) is 38.3 Å². The number of carbonyl (C=O) groups excluding carboxylic acids is 1.